The Balaban J connectivity index is 2.02. The largest absolute Gasteiger partial charge is 0.316 e. The predicted molar refractivity (Wildman–Crippen MR) is 78.6 cm³/mol. The van der Waals surface area contributed by atoms with Gasteiger partial charge in [-0.1, -0.05) is 26.8 Å². The van der Waals surface area contributed by atoms with Gasteiger partial charge in [0, 0.05) is 6.54 Å². The first-order chi connectivity index (χ1) is 9.40. The van der Waals surface area contributed by atoms with Crippen LogP contribution in [0.2, 0.25) is 0 Å². The first-order valence-corrected chi connectivity index (χ1v) is 7.55. The monoisotopic (exact) mass is 281 g/mol. The lowest BCUT2D eigenvalue weighted by Crippen LogP contribution is -2.37. The van der Waals surface area contributed by atoms with E-state index in [2.05, 4.69) is 26.1 Å². The van der Waals surface area contributed by atoms with Gasteiger partial charge in [0.05, 0.1) is 0 Å². The first-order valence-electron chi connectivity index (χ1n) is 7.55. The normalized spacial score (nSPS) is 18.3. The van der Waals surface area contributed by atoms with Crippen molar-refractivity contribution >= 4 is 0 Å². The number of benzene rings is 1. The van der Waals surface area contributed by atoms with Crippen molar-refractivity contribution in [1.82, 2.24) is 5.32 Å². The first kappa shape index (κ1) is 15.4. The average Bonchev–Trinajstić information content (AvgIpc) is 3.18. The summed E-state index contributed by atoms with van der Waals surface area (Å²) in [6.45, 7) is 8.59. The van der Waals surface area contributed by atoms with Crippen LogP contribution in [0.4, 0.5) is 8.78 Å². The molecule has 0 aromatic heterocycles. The van der Waals surface area contributed by atoms with Crippen LogP contribution in [-0.2, 0) is 6.42 Å². The van der Waals surface area contributed by atoms with E-state index in [1.54, 1.807) is 6.07 Å². The van der Waals surface area contributed by atoms with Gasteiger partial charge < -0.3 is 5.32 Å². The number of nitrogens with one attached hydrogen (secondary N) is 1. The van der Waals surface area contributed by atoms with Crippen LogP contribution < -0.4 is 5.32 Å². The Bertz CT molecular complexity index is 454. The third kappa shape index (κ3) is 4.02. The van der Waals surface area contributed by atoms with Crippen molar-refractivity contribution in [3.05, 3.63) is 35.4 Å². The zero-order valence-electron chi connectivity index (χ0n) is 12.7. The number of hydrogen-bond acceptors (Lipinski definition) is 1. The maximum absolute atomic E-state index is 13.3. The van der Waals surface area contributed by atoms with Crippen LogP contribution in [0.3, 0.4) is 0 Å². The molecule has 0 amide bonds. The summed E-state index contributed by atoms with van der Waals surface area (Å²) in [5, 5.41) is 3.53. The van der Waals surface area contributed by atoms with Crippen LogP contribution in [0.15, 0.2) is 18.2 Å². The van der Waals surface area contributed by atoms with Crippen molar-refractivity contribution in [2.75, 3.05) is 13.1 Å². The minimum absolute atomic E-state index is 0.138. The van der Waals surface area contributed by atoms with Crippen LogP contribution >= 0.6 is 0 Å². The fraction of sp³-hybridized carbons (Fsp3) is 0.647. The fourth-order valence-corrected chi connectivity index (χ4v) is 2.89. The quantitative estimate of drug-likeness (QED) is 0.791. The second-order valence-corrected chi connectivity index (χ2v) is 6.88. The van der Waals surface area contributed by atoms with Crippen LogP contribution in [0.1, 0.15) is 39.2 Å². The Morgan fingerprint density at radius 2 is 1.95 bits per heavy atom. The molecule has 0 heterocycles. The number of hydrogen-bond donors (Lipinski definition) is 1. The molecule has 0 saturated heterocycles. The lowest BCUT2D eigenvalue weighted by atomic mass is 9.78. The molecule has 3 heteroatoms. The van der Waals surface area contributed by atoms with Crippen molar-refractivity contribution < 1.29 is 8.78 Å². The molecule has 1 aliphatic rings. The van der Waals surface area contributed by atoms with E-state index in [9.17, 15) is 8.78 Å². The maximum atomic E-state index is 13.3. The van der Waals surface area contributed by atoms with Gasteiger partial charge in [-0.2, -0.15) is 0 Å². The summed E-state index contributed by atoms with van der Waals surface area (Å²) in [4.78, 5) is 0. The van der Waals surface area contributed by atoms with E-state index in [-0.39, 0.29) is 5.41 Å². The van der Waals surface area contributed by atoms with E-state index in [1.165, 1.54) is 25.0 Å². The van der Waals surface area contributed by atoms with E-state index in [4.69, 9.17) is 0 Å². The highest BCUT2D eigenvalue weighted by atomic mass is 19.2. The van der Waals surface area contributed by atoms with Gasteiger partial charge in [0.2, 0.25) is 0 Å². The van der Waals surface area contributed by atoms with Gasteiger partial charge in [-0.05, 0) is 60.8 Å². The van der Waals surface area contributed by atoms with Gasteiger partial charge in [-0.15, -0.1) is 0 Å². The van der Waals surface area contributed by atoms with E-state index in [0.717, 1.165) is 25.1 Å². The van der Waals surface area contributed by atoms with Gasteiger partial charge in [0.1, 0.15) is 0 Å². The summed E-state index contributed by atoms with van der Waals surface area (Å²) in [6, 6.07) is 4.29. The lowest BCUT2D eigenvalue weighted by Gasteiger charge is -2.31. The summed E-state index contributed by atoms with van der Waals surface area (Å²) in [5.41, 5.74) is 1.03. The highest BCUT2D eigenvalue weighted by Crippen LogP contribution is 2.47. The molecule has 112 valence electrons. The topological polar surface area (TPSA) is 12.0 Å². The average molecular weight is 281 g/mol. The Morgan fingerprint density at radius 3 is 2.50 bits per heavy atom. The minimum atomic E-state index is -0.764. The highest BCUT2D eigenvalue weighted by Gasteiger charge is 2.41. The SMILES string of the molecule is CC(C)CNCC(C)(Cc1ccc(F)c(F)c1)C1CC1. The summed E-state index contributed by atoms with van der Waals surface area (Å²) >= 11 is 0. The third-order valence-corrected chi connectivity index (χ3v) is 4.24. The maximum Gasteiger partial charge on any atom is 0.159 e. The van der Waals surface area contributed by atoms with Crippen LogP contribution in [0, 0.1) is 28.9 Å². The van der Waals surface area contributed by atoms with Crippen molar-refractivity contribution in [3.63, 3.8) is 0 Å². The summed E-state index contributed by atoms with van der Waals surface area (Å²) < 4.78 is 26.3. The second-order valence-electron chi connectivity index (χ2n) is 6.88. The van der Waals surface area contributed by atoms with Crippen molar-refractivity contribution in [3.8, 4) is 0 Å². The van der Waals surface area contributed by atoms with Gasteiger partial charge in [-0.25, -0.2) is 8.78 Å². The summed E-state index contributed by atoms with van der Waals surface area (Å²) in [6.07, 6.45) is 3.31. The Hall–Kier alpha value is -0.960. The molecule has 1 aliphatic carbocycles. The zero-order valence-corrected chi connectivity index (χ0v) is 12.7. The van der Waals surface area contributed by atoms with Gasteiger partial charge >= 0.3 is 0 Å². The van der Waals surface area contributed by atoms with Crippen LogP contribution in [0.5, 0.6) is 0 Å². The third-order valence-electron chi connectivity index (χ3n) is 4.24. The standard InChI is InChI=1S/C17H25F2N/c1-12(2)10-20-11-17(3,14-5-6-14)9-13-4-7-15(18)16(19)8-13/h4,7-8,12,14,20H,5-6,9-11H2,1-3H3. The Kier molecular flexibility index (Phi) is 4.79. The molecule has 2 rings (SSSR count). The fourth-order valence-electron chi connectivity index (χ4n) is 2.89. The molecule has 1 nitrogen and oxygen atoms in total. The molecule has 1 fully saturated rings. The van der Waals surface area contributed by atoms with Crippen LogP contribution in [-0.4, -0.2) is 13.1 Å². The van der Waals surface area contributed by atoms with Gasteiger partial charge in [0.15, 0.2) is 11.6 Å². The van der Waals surface area contributed by atoms with E-state index < -0.39 is 11.6 Å². The van der Waals surface area contributed by atoms with Gasteiger partial charge in [0.25, 0.3) is 0 Å². The molecule has 1 aromatic rings. The number of rotatable bonds is 7. The van der Waals surface area contributed by atoms with Crippen molar-refractivity contribution in [2.45, 2.75) is 40.0 Å². The molecule has 0 bridgehead atoms. The molecule has 0 aliphatic heterocycles. The molecule has 1 aromatic carbocycles. The molecule has 1 saturated carbocycles. The highest BCUT2D eigenvalue weighted by molar-refractivity contribution is 5.20. The minimum Gasteiger partial charge on any atom is -0.316 e. The molecular formula is C17H25F2N. The smallest absolute Gasteiger partial charge is 0.159 e. The molecule has 1 N–H and O–H groups in total. The second kappa shape index (κ2) is 6.21. The Morgan fingerprint density at radius 1 is 1.25 bits per heavy atom. The number of halogens is 2. The van der Waals surface area contributed by atoms with Crippen molar-refractivity contribution in [1.29, 1.82) is 0 Å². The molecule has 1 unspecified atom stereocenters. The van der Waals surface area contributed by atoms with E-state index in [1.807, 2.05) is 0 Å². The molecule has 20 heavy (non-hydrogen) atoms. The van der Waals surface area contributed by atoms with E-state index in [0.29, 0.717) is 11.8 Å². The van der Waals surface area contributed by atoms with Gasteiger partial charge in [-0.3, -0.25) is 0 Å². The molecule has 0 radical (unpaired) electrons. The zero-order chi connectivity index (χ0) is 14.8. The van der Waals surface area contributed by atoms with E-state index >= 15 is 0 Å². The predicted octanol–water partition coefficient (Wildman–Crippen LogP) is 4.17. The van der Waals surface area contributed by atoms with Crippen LogP contribution in [0.25, 0.3) is 0 Å². The molecular weight excluding hydrogens is 256 g/mol. The molecule has 0 spiro atoms. The van der Waals surface area contributed by atoms with Crippen molar-refractivity contribution in [2.24, 2.45) is 17.3 Å². The summed E-state index contributed by atoms with van der Waals surface area (Å²) in [5.74, 6) is -0.174. The lowest BCUT2D eigenvalue weighted by molar-refractivity contribution is 0.251. The molecule has 1 atom stereocenters. The Labute approximate surface area is 120 Å². The summed E-state index contributed by atoms with van der Waals surface area (Å²) in [7, 11) is 0.